The second kappa shape index (κ2) is 10.8. The van der Waals surface area contributed by atoms with E-state index in [1.54, 1.807) is 12.1 Å². The number of benzene rings is 2. The van der Waals surface area contributed by atoms with Crippen LogP contribution in [0.15, 0.2) is 42.5 Å². The van der Waals surface area contributed by atoms with Crippen LogP contribution in [-0.2, 0) is 14.3 Å². The van der Waals surface area contributed by atoms with E-state index in [0.717, 1.165) is 12.1 Å². The van der Waals surface area contributed by atoms with Gasteiger partial charge in [0.05, 0.1) is 37.3 Å². The summed E-state index contributed by atoms with van der Waals surface area (Å²) >= 11 is 0. The van der Waals surface area contributed by atoms with E-state index in [-0.39, 0.29) is 12.5 Å². The van der Waals surface area contributed by atoms with Crippen molar-refractivity contribution in [2.45, 2.75) is 26.2 Å². The number of nitrogens with one attached hydrogen (secondary N) is 1. The molecule has 1 N–H and O–H groups in total. The van der Waals surface area contributed by atoms with E-state index in [1.165, 1.54) is 12.7 Å². The maximum absolute atomic E-state index is 12.6. The molecule has 0 saturated carbocycles. The molecule has 2 aromatic rings. The molecule has 7 heteroatoms. The van der Waals surface area contributed by atoms with Gasteiger partial charge >= 0.3 is 5.97 Å². The van der Waals surface area contributed by atoms with Crippen molar-refractivity contribution < 1.29 is 23.8 Å². The molecular formula is C24H30N2O5. The highest BCUT2D eigenvalue weighted by Crippen LogP contribution is 2.28. The molecule has 1 heterocycles. The quantitative estimate of drug-likeness (QED) is 0.647. The van der Waals surface area contributed by atoms with Crippen LogP contribution in [0.25, 0.3) is 0 Å². The van der Waals surface area contributed by atoms with E-state index in [2.05, 4.69) is 24.1 Å². The number of amides is 1. The van der Waals surface area contributed by atoms with Crippen molar-refractivity contribution in [1.29, 1.82) is 0 Å². The molecule has 0 bridgehead atoms. The zero-order valence-corrected chi connectivity index (χ0v) is 18.3. The highest BCUT2D eigenvalue weighted by Gasteiger charge is 2.19. The SMILES string of the molecule is CC[C@@H](C)c1ccc(OCC(=O)Nc2cc(C(=O)OC)ccc2N2CCOCC2)cc1. The molecule has 0 aromatic heterocycles. The Balaban J connectivity index is 1.69. The number of carbonyl (C=O) groups is 2. The first-order chi connectivity index (χ1) is 15.0. The summed E-state index contributed by atoms with van der Waals surface area (Å²) in [5, 5.41) is 2.88. The molecule has 2 aromatic carbocycles. The van der Waals surface area contributed by atoms with Crippen molar-refractivity contribution in [2.24, 2.45) is 0 Å². The molecule has 1 saturated heterocycles. The van der Waals surface area contributed by atoms with Gasteiger partial charge in [0.1, 0.15) is 5.75 Å². The van der Waals surface area contributed by atoms with E-state index in [9.17, 15) is 9.59 Å². The van der Waals surface area contributed by atoms with Crippen molar-refractivity contribution in [3.63, 3.8) is 0 Å². The summed E-state index contributed by atoms with van der Waals surface area (Å²) in [6.45, 7) is 6.84. The minimum absolute atomic E-state index is 0.131. The van der Waals surface area contributed by atoms with E-state index in [0.29, 0.717) is 49.2 Å². The van der Waals surface area contributed by atoms with Crippen molar-refractivity contribution in [2.75, 3.05) is 50.2 Å². The first-order valence-electron chi connectivity index (χ1n) is 10.6. The van der Waals surface area contributed by atoms with Crippen LogP contribution in [0.1, 0.15) is 42.1 Å². The van der Waals surface area contributed by atoms with Gasteiger partial charge in [0.25, 0.3) is 5.91 Å². The van der Waals surface area contributed by atoms with Gasteiger partial charge in [-0.3, -0.25) is 4.79 Å². The maximum atomic E-state index is 12.6. The lowest BCUT2D eigenvalue weighted by Crippen LogP contribution is -2.37. The van der Waals surface area contributed by atoms with E-state index < -0.39 is 5.97 Å². The number of methoxy groups -OCH3 is 1. The average Bonchev–Trinajstić information content (AvgIpc) is 2.82. The highest BCUT2D eigenvalue weighted by atomic mass is 16.5. The summed E-state index contributed by atoms with van der Waals surface area (Å²) in [4.78, 5) is 26.7. The first kappa shape index (κ1) is 22.6. The molecule has 166 valence electrons. The molecule has 0 spiro atoms. The largest absolute Gasteiger partial charge is 0.484 e. The van der Waals surface area contributed by atoms with Crippen LogP contribution in [0.5, 0.6) is 5.75 Å². The summed E-state index contributed by atoms with van der Waals surface area (Å²) in [5.74, 6) is 0.362. The molecule has 0 unspecified atom stereocenters. The van der Waals surface area contributed by atoms with Gasteiger partial charge in [0.2, 0.25) is 0 Å². The molecule has 31 heavy (non-hydrogen) atoms. The molecule has 0 radical (unpaired) electrons. The molecule has 1 aliphatic heterocycles. The Kier molecular flexibility index (Phi) is 7.89. The average molecular weight is 427 g/mol. The number of rotatable bonds is 8. The van der Waals surface area contributed by atoms with Gasteiger partial charge in [-0.25, -0.2) is 4.79 Å². The number of hydrogen-bond donors (Lipinski definition) is 1. The minimum Gasteiger partial charge on any atom is -0.484 e. The van der Waals surface area contributed by atoms with Crippen LogP contribution < -0.4 is 15.0 Å². The standard InChI is InChI=1S/C24H30N2O5/c1-4-17(2)18-5-8-20(9-6-18)31-16-23(27)25-21-15-19(24(28)29-3)7-10-22(21)26-11-13-30-14-12-26/h5-10,15,17H,4,11-14,16H2,1-3H3,(H,25,27)/t17-/m1/s1. The Bertz CT molecular complexity index is 891. The van der Waals surface area contributed by atoms with Crippen molar-refractivity contribution in [1.82, 2.24) is 0 Å². The highest BCUT2D eigenvalue weighted by molar-refractivity contribution is 5.98. The Hall–Kier alpha value is -3.06. The van der Waals surface area contributed by atoms with Gasteiger partial charge in [-0.15, -0.1) is 0 Å². The van der Waals surface area contributed by atoms with E-state index >= 15 is 0 Å². The number of morpholine rings is 1. The van der Waals surface area contributed by atoms with E-state index in [4.69, 9.17) is 14.2 Å². The van der Waals surface area contributed by atoms with Crippen LogP contribution in [0.3, 0.4) is 0 Å². The molecular weight excluding hydrogens is 396 g/mol. The summed E-state index contributed by atoms with van der Waals surface area (Å²) in [5.41, 5.74) is 3.00. The molecule has 1 aliphatic rings. The minimum atomic E-state index is -0.457. The smallest absolute Gasteiger partial charge is 0.337 e. The predicted molar refractivity (Wildman–Crippen MR) is 120 cm³/mol. The van der Waals surface area contributed by atoms with Gasteiger partial charge < -0.3 is 24.4 Å². The number of esters is 1. The third kappa shape index (κ3) is 5.98. The summed E-state index contributed by atoms with van der Waals surface area (Å²) in [6, 6.07) is 13.0. The molecule has 3 rings (SSSR count). The summed E-state index contributed by atoms with van der Waals surface area (Å²) < 4.78 is 15.9. The van der Waals surface area contributed by atoms with E-state index in [1.807, 2.05) is 30.3 Å². The zero-order valence-electron chi connectivity index (χ0n) is 18.3. The van der Waals surface area contributed by atoms with Crippen molar-refractivity contribution in [3.05, 3.63) is 53.6 Å². The fraction of sp³-hybridized carbons (Fsp3) is 0.417. The third-order valence-corrected chi connectivity index (χ3v) is 5.47. The number of hydrogen-bond acceptors (Lipinski definition) is 6. The second-order valence-electron chi connectivity index (χ2n) is 7.54. The topological polar surface area (TPSA) is 77.1 Å². The fourth-order valence-electron chi connectivity index (χ4n) is 3.42. The molecule has 1 fully saturated rings. The van der Waals surface area contributed by atoms with Gasteiger partial charge in [0.15, 0.2) is 6.61 Å². The monoisotopic (exact) mass is 426 g/mol. The van der Waals surface area contributed by atoms with Gasteiger partial charge in [0, 0.05) is 13.1 Å². The Morgan fingerprint density at radius 2 is 1.84 bits per heavy atom. The van der Waals surface area contributed by atoms with Crippen LogP contribution in [0.2, 0.25) is 0 Å². The summed E-state index contributed by atoms with van der Waals surface area (Å²) in [7, 11) is 1.33. The van der Waals surface area contributed by atoms with Crippen molar-refractivity contribution >= 4 is 23.3 Å². The summed E-state index contributed by atoms with van der Waals surface area (Å²) in [6.07, 6.45) is 1.07. The number of nitrogens with zero attached hydrogens (tertiary/aromatic N) is 1. The van der Waals surface area contributed by atoms with Gasteiger partial charge in [-0.1, -0.05) is 26.0 Å². The Morgan fingerprint density at radius 1 is 1.13 bits per heavy atom. The Morgan fingerprint density at radius 3 is 2.48 bits per heavy atom. The fourth-order valence-corrected chi connectivity index (χ4v) is 3.42. The Labute approximate surface area is 183 Å². The van der Waals surface area contributed by atoms with Crippen LogP contribution in [0, 0.1) is 0 Å². The number of carbonyl (C=O) groups excluding carboxylic acids is 2. The first-order valence-corrected chi connectivity index (χ1v) is 10.6. The maximum Gasteiger partial charge on any atom is 0.337 e. The lowest BCUT2D eigenvalue weighted by Gasteiger charge is -2.30. The number of anilines is 2. The third-order valence-electron chi connectivity index (χ3n) is 5.47. The zero-order chi connectivity index (χ0) is 22.2. The van der Waals surface area contributed by atoms with Gasteiger partial charge in [-0.05, 0) is 48.2 Å². The lowest BCUT2D eigenvalue weighted by atomic mass is 9.99. The van der Waals surface area contributed by atoms with Crippen LogP contribution in [-0.4, -0.2) is 51.9 Å². The molecule has 1 amide bonds. The van der Waals surface area contributed by atoms with Crippen LogP contribution in [0.4, 0.5) is 11.4 Å². The molecule has 0 aliphatic carbocycles. The molecule has 7 nitrogen and oxygen atoms in total. The van der Waals surface area contributed by atoms with Crippen molar-refractivity contribution in [3.8, 4) is 5.75 Å². The van der Waals surface area contributed by atoms with Crippen LogP contribution >= 0.6 is 0 Å². The predicted octanol–water partition coefficient (Wildman–Crippen LogP) is 3.84. The van der Waals surface area contributed by atoms with Gasteiger partial charge in [-0.2, -0.15) is 0 Å². The lowest BCUT2D eigenvalue weighted by molar-refractivity contribution is -0.118. The second-order valence-corrected chi connectivity index (χ2v) is 7.54. The normalized spacial score (nSPS) is 14.6. The molecule has 1 atom stereocenters. The number of ether oxygens (including phenoxy) is 3.